The van der Waals surface area contributed by atoms with E-state index in [9.17, 15) is 4.79 Å². The number of fused-ring (bicyclic) bond motifs is 3. The van der Waals surface area contributed by atoms with Crippen LogP contribution in [0.5, 0.6) is 0 Å². The molecule has 4 unspecified atom stereocenters. The van der Waals surface area contributed by atoms with Gasteiger partial charge in [0.15, 0.2) is 0 Å². The Morgan fingerprint density at radius 2 is 1.82 bits per heavy atom. The highest BCUT2D eigenvalue weighted by Crippen LogP contribution is 2.48. The van der Waals surface area contributed by atoms with Crippen molar-refractivity contribution in [2.45, 2.75) is 76.4 Å². The molecule has 0 spiro atoms. The van der Waals surface area contributed by atoms with Crippen molar-refractivity contribution in [1.82, 2.24) is 5.01 Å². The summed E-state index contributed by atoms with van der Waals surface area (Å²) in [6.45, 7) is 0. The van der Waals surface area contributed by atoms with Gasteiger partial charge in [-0.05, 0) is 74.6 Å². The second-order valence-electron chi connectivity index (χ2n) is 9.25. The quantitative estimate of drug-likeness (QED) is 0.686. The van der Waals surface area contributed by atoms with Crippen LogP contribution in [0.1, 0.15) is 73.9 Å². The third-order valence-corrected chi connectivity index (χ3v) is 8.77. The molecule has 3 fully saturated rings. The number of carbonyl (C=O) groups excluding carboxylic acids is 1. The molecule has 152 valence electrons. The summed E-state index contributed by atoms with van der Waals surface area (Å²) in [5, 5.41) is 9.07. The van der Waals surface area contributed by atoms with Crippen molar-refractivity contribution in [3.63, 3.8) is 0 Å². The van der Waals surface area contributed by atoms with Gasteiger partial charge in [0, 0.05) is 24.7 Å². The predicted molar refractivity (Wildman–Crippen MR) is 113 cm³/mol. The molecule has 1 aromatic rings. The lowest BCUT2D eigenvalue weighted by Crippen LogP contribution is -2.47. The van der Waals surface area contributed by atoms with Crippen molar-refractivity contribution >= 4 is 23.0 Å². The van der Waals surface area contributed by atoms with Gasteiger partial charge in [0.05, 0.1) is 17.0 Å². The van der Waals surface area contributed by atoms with Gasteiger partial charge < -0.3 is 4.74 Å². The van der Waals surface area contributed by atoms with E-state index in [0.29, 0.717) is 23.9 Å². The van der Waals surface area contributed by atoms with Crippen LogP contribution in [0.2, 0.25) is 0 Å². The number of hydrazone groups is 1. The van der Waals surface area contributed by atoms with Gasteiger partial charge in [-0.2, -0.15) is 5.10 Å². The molecule has 2 heterocycles. The Labute approximate surface area is 172 Å². The first kappa shape index (κ1) is 18.8. The zero-order chi connectivity index (χ0) is 19.1. The molecule has 3 saturated carbocycles. The number of methoxy groups -OCH3 is 1. The largest absolute Gasteiger partial charge is 0.381 e. The third-order valence-electron chi connectivity index (χ3n) is 7.91. The van der Waals surface area contributed by atoms with Gasteiger partial charge in [-0.1, -0.05) is 18.9 Å². The van der Waals surface area contributed by atoms with E-state index in [4.69, 9.17) is 9.84 Å². The summed E-state index contributed by atoms with van der Waals surface area (Å²) >= 11 is 1.55. The van der Waals surface area contributed by atoms with Crippen LogP contribution in [0.4, 0.5) is 0 Å². The van der Waals surface area contributed by atoms with Gasteiger partial charge in [-0.3, -0.25) is 4.79 Å². The highest BCUT2D eigenvalue weighted by molar-refractivity contribution is 7.12. The minimum absolute atomic E-state index is 0.128. The summed E-state index contributed by atoms with van der Waals surface area (Å²) in [7, 11) is 1.83. The van der Waals surface area contributed by atoms with Gasteiger partial charge in [0.1, 0.15) is 0 Å². The van der Waals surface area contributed by atoms with Crippen LogP contribution in [0.3, 0.4) is 0 Å². The number of hydrogen-bond acceptors (Lipinski definition) is 4. The van der Waals surface area contributed by atoms with Crippen molar-refractivity contribution in [2.24, 2.45) is 28.8 Å². The molecule has 28 heavy (non-hydrogen) atoms. The van der Waals surface area contributed by atoms with Crippen LogP contribution < -0.4 is 0 Å². The van der Waals surface area contributed by atoms with Crippen LogP contribution in [-0.2, 0) is 4.74 Å². The van der Waals surface area contributed by atoms with Crippen molar-refractivity contribution in [3.05, 3.63) is 22.4 Å². The van der Waals surface area contributed by atoms with E-state index in [1.165, 1.54) is 44.2 Å². The standard InChI is InChI=1S/C23H32N2O2S/c1-27-17-11-8-16(9-12-17)22-19-13-10-15-5-2-3-6-18(15)21(19)24-25(22)23(26)20-7-4-14-28-20/h4,7,14-19,22H,2-3,5-6,8-13H2,1H3. The summed E-state index contributed by atoms with van der Waals surface area (Å²) in [5.74, 6) is 2.62. The Balaban J connectivity index is 1.44. The summed E-state index contributed by atoms with van der Waals surface area (Å²) in [5.41, 5.74) is 1.39. The van der Waals surface area contributed by atoms with Crippen molar-refractivity contribution in [2.75, 3.05) is 7.11 Å². The van der Waals surface area contributed by atoms with Crippen LogP contribution in [0.25, 0.3) is 0 Å². The van der Waals surface area contributed by atoms with Crippen LogP contribution >= 0.6 is 11.3 Å². The number of ether oxygens (including phenoxy) is 1. The fourth-order valence-corrected chi connectivity index (χ4v) is 7.16. The molecule has 3 aliphatic carbocycles. The first-order chi connectivity index (χ1) is 13.8. The fraction of sp³-hybridized carbons (Fsp3) is 0.739. The molecular formula is C23H32N2O2S. The minimum atomic E-state index is 0.128. The Morgan fingerprint density at radius 3 is 2.57 bits per heavy atom. The SMILES string of the molecule is COC1CCC(C2C3CCC4CCCCC4C3=NN2C(=O)c2cccs2)CC1. The van der Waals surface area contributed by atoms with E-state index < -0.39 is 0 Å². The second kappa shape index (κ2) is 7.91. The van der Waals surface area contributed by atoms with Crippen molar-refractivity contribution in [3.8, 4) is 0 Å². The van der Waals surface area contributed by atoms with Crippen molar-refractivity contribution < 1.29 is 9.53 Å². The molecule has 4 aliphatic rings. The zero-order valence-electron chi connectivity index (χ0n) is 16.9. The highest BCUT2D eigenvalue weighted by Gasteiger charge is 2.50. The molecule has 4 atom stereocenters. The monoisotopic (exact) mass is 400 g/mol. The van der Waals surface area contributed by atoms with E-state index >= 15 is 0 Å². The van der Waals surface area contributed by atoms with Crippen LogP contribution in [0.15, 0.2) is 22.6 Å². The smallest absolute Gasteiger partial charge is 0.284 e. The van der Waals surface area contributed by atoms with Gasteiger partial charge in [0.2, 0.25) is 0 Å². The number of amides is 1. The Bertz CT molecular complexity index is 723. The van der Waals surface area contributed by atoms with Crippen LogP contribution in [-0.4, -0.2) is 35.9 Å². The molecule has 1 amide bonds. The number of thiophene rings is 1. The Kier molecular flexibility index (Phi) is 5.31. The molecule has 5 rings (SSSR count). The second-order valence-corrected chi connectivity index (χ2v) is 10.2. The predicted octanol–water partition coefficient (Wildman–Crippen LogP) is 5.35. The van der Waals surface area contributed by atoms with Gasteiger partial charge >= 0.3 is 0 Å². The average molecular weight is 401 g/mol. The molecule has 0 bridgehead atoms. The maximum atomic E-state index is 13.4. The zero-order valence-corrected chi connectivity index (χ0v) is 17.7. The minimum Gasteiger partial charge on any atom is -0.381 e. The van der Waals surface area contributed by atoms with E-state index in [1.54, 1.807) is 11.3 Å². The molecule has 1 aliphatic heterocycles. The Morgan fingerprint density at radius 1 is 1.04 bits per heavy atom. The lowest BCUT2D eigenvalue weighted by atomic mass is 9.63. The number of nitrogens with zero attached hydrogens (tertiary/aromatic N) is 2. The fourth-order valence-electron chi connectivity index (χ4n) is 6.50. The lowest BCUT2D eigenvalue weighted by Gasteiger charge is -2.42. The number of rotatable bonds is 3. The highest BCUT2D eigenvalue weighted by atomic mass is 32.1. The van der Waals surface area contributed by atoms with Gasteiger partial charge in [-0.25, -0.2) is 5.01 Å². The Hall–Kier alpha value is -1.20. The van der Waals surface area contributed by atoms with Crippen LogP contribution in [0, 0.1) is 23.7 Å². The van der Waals surface area contributed by atoms with E-state index in [2.05, 4.69) is 0 Å². The topological polar surface area (TPSA) is 41.9 Å². The molecule has 4 nitrogen and oxygen atoms in total. The van der Waals surface area contributed by atoms with Gasteiger partial charge in [-0.15, -0.1) is 11.3 Å². The summed E-state index contributed by atoms with van der Waals surface area (Å²) in [4.78, 5) is 14.2. The van der Waals surface area contributed by atoms with E-state index in [1.807, 2.05) is 29.6 Å². The molecule has 0 radical (unpaired) electrons. The molecular weight excluding hydrogens is 368 g/mol. The normalized spacial score (nSPS) is 37.9. The van der Waals surface area contributed by atoms with Gasteiger partial charge in [0.25, 0.3) is 5.91 Å². The average Bonchev–Trinajstić information content (AvgIpc) is 3.41. The third kappa shape index (κ3) is 3.24. The molecule has 0 saturated heterocycles. The lowest BCUT2D eigenvalue weighted by molar-refractivity contribution is 0.0264. The summed E-state index contributed by atoms with van der Waals surface area (Å²) in [6.07, 6.45) is 12.9. The van der Waals surface area contributed by atoms with E-state index in [-0.39, 0.29) is 11.9 Å². The first-order valence-corrected chi connectivity index (χ1v) is 12.1. The maximum absolute atomic E-state index is 13.4. The summed E-state index contributed by atoms with van der Waals surface area (Å²) in [6, 6.07) is 4.20. The van der Waals surface area contributed by atoms with Crippen molar-refractivity contribution in [1.29, 1.82) is 0 Å². The molecule has 1 aromatic heterocycles. The molecule has 5 heteroatoms. The number of carbonyl (C=O) groups is 1. The molecule has 0 aromatic carbocycles. The molecule has 0 N–H and O–H groups in total. The number of hydrogen-bond donors (Lipinski definition) is 0. The first-order valence-electron chi connectivity index (χ1n) is 11.2. The van der Waals surface area contributed by atoms with E-state index in [0.717, 1.165) is 36.5 Å². The maximum Gasteiger partial charge on any atom is 0.284 e. The summed E-state index contributed by atoms with van der Waals surface area (Å²) < 4.78 is 5.61.